The van der Waals surface area contributed by atoms with Gasteiger partial charge in [-0.1, -0.05) is 176 Å². The molecular weight excluding hydrogens is 887 g/mol. The Balaban J connectivity index is 0.000000275. The Hall–Kier alpha value is -4.55. The van der Waals surface area contributed by atoms with Crippen LogP contribution in [-0.4, -0.2) is 0 Å². The Kier molecular flexibility index (Phi) is 17.8. The molecule has 0 aliphatic heterocycles. The number of hydrogen-bond acceptors (Lipinski definition) is 0. The van der Waals surface area contributed by atoms with Gasteiger partial charge in [0.2, 0.25) is 0 Å². The van der Waals surface area contributed by atoms with Crippen molar-refractivity contribution in [3.05, 3.63) is 263 Å². The molecule has 2 unspecified atom stereocenters. The number of benzene rings is 8. The summed E-state index contributed by atoms with van der Waals surface area (Å²) in [5.74, 6) is 0. The summed E-state index contributed by atoms with van der Waals surface area (Å²) in [7, 11) is 2.33. The van der Waals surface area contributed by atoms with Gasteiger partial charge < -0.3 is 11.5 Å². The normalized spacial score (nSPS) is 12.7. The molecule has 12 rings (SSSR count). The first-order chi connectivity index (χ1) is 29.6. The van der Waals surface area contributed by atoms with Gasteiger partial charge in [0, 0.05) is 0 Å². The van der Waals surface area contributed by atoms with E-state index in [1.54, 1.807) is 10.6 Å². The predicted molar refractivity (Wildman–Crippen MR) is 267 cm³/mol. The van der Waals surface area contributed by atoms with Gasteiger partial charge in [0.05, 0.1) is 15.8 Å². The zero-order valence-corrected chi connectivity index (χ0v) is 38.0. The maximum Gasteiger partial charge on any atom is 0.105 e. The van der Waals surface area contributed by atoms with E-state index in [0.29, 0.717) is 0 Å². The fourth-order valence-corrected chi connectivity index (χ4v) is 13.8. The van der Waals surface area contributed by atoms with Crippen molar-refractivity contribution in [1.82, 2.24) is 0 Å². The van der Waals surface area contributed by atoms with E-state index in [1.165, 1.54) is 43.5 Å². The summed E-state index contributed by atoms with van der Waals surface area (Å²) in [4.78, 5) is 0. The van der Waals surface area contributed by atoms with Crippen molar-refractivity contribution in [3.63, 3.8) is 0 Å². The number of aryl methyl sites for hydroxylation is 4. The maximum absolute atomic E-state index is 8.07. The van der Waals surface area contributed by atoms with Crippen molar-refractivity contribution < 1.29 is 17.3 Å². The van der Waals surface area contributed by atoms with E-state index < -0.39 is 27.9 Å². The van der Waals surface area contributed by atoms with Crippen LogP contribution >= 0.6 is 25.5 Å². The quantitative estimate of drug-likeness (QED) is 0.102. The van der Waals surface area contributed by atoms with Crippen molar-refractivity contribution >= 4 is 57.4 Å². The SMILES string of the molecule is C.[Cl][Ru+3].[NH-]C(c1ccccc1)C([NH-])c1ccccc1.c1ccc([PH+](c2ccccc2)c2cc3ccc2CCc2ccc(c([PH+](c4ccccc4)c4ccccc4)c2)CC3)cc1. The Morgan fingerprint density at radius 2 is 0.623 bits per heavy atom. The number of halogens is 1. The molecule has 0 amide bonds. The third kappa shape index (κ3) is 11.9. The molecule has 6 heteroatoms. The van der Waals surface area contributed by atoms with Crippen molar-refractivity contribution in [3.8, 4) is 0 Å². The fraction of sp³-hybridized carbons (Fsp3) is 0.127. The molecular formula is C55H54ClN2P2Ru+3. The van der Waals surface area contributed by atoms with Crippen molar-refractivity contribution in [2.45, 2.75) is 45.2 Å². The largest absolute Gasteiger partial charge is 0.672 e. The van der Waals surface area contributed by atoms with E-state index in [1.807, 2.05) is 78.0 Å². The molecule has 4 bridgehead atoms. The first kappa shape index (κ1) is 46.0. The number of nitrogens with one attached hydrogen (secondary N) is 2. The molecule has 0 fully saturated rings. The average Bonchev–Trinajstić information content (AvgIpc) is 3.33. The summed E-state index contributed by atoms with van der Waals surface area (Å²) in [6, 6.07) is 77.7. The van der Waals surface area contributed by atoms with E-state index in [-0.39, 0.29) is 7.43 Å². The van der Waals surface area contributed by atoms with Crippen LogP contribution in [0.5, 0.6) is 0 Å². The standard InChI is InChI=1S/C40H34P2.C14H14N2.CH4.ClH.Ru/c1-5-13-35(14-6-1)41(36-15-7-2-8-16-36)39-29-31-21-25-33(39)27-23-32-22-26-34(28-24-31)40(30-32)42(37-17-9-3-10-18-37)38-19-11-4-12-20-38;15-13(11-7-3-1-4-8-11)14(16)12-9-5-2-6-10-12;;;/h1-22,25-26,29-30H,23-24,27-28H2;1-10,13-16H;1H4;1H;/q;-2;;;+4/p+1. The van der Waals surface area contributed by atoms with E-state index in [0.717, 1.165) is 36.8 Å². The molecule has 4 aliphatic carbocycles. The molecule has 8 aromatic rings. The molecule has 0 saturated carbocycles. The van der Waals surface area contributed by atoms with Gasteiger partial charge >= 0.3 is 27.0 Å². The number of rotatable bonds is 9. The monoisotopic (exact) mass is 941 g/mol. The van der Waals surface area contributed by atoms with Gasteiger partial charge in [0.25, 0.3) is 0 Å². The van der Waals surface area contributed by atoms with Gasteiger partial charge in [-0.2, -0.15) is 0 Å². The van der Waals surface area contributed by atoms with E-state index in [9.17, 15) is 0 Å². The Morgan fingerprint density at radius 3 is 0.902 bits per heavy atom. The predicted octanol–water partition coefficient (Wildman–Crippen LogP) is 12.4. The second-order valence-corrected chi connectivity index (χ2v) is 19.9. The molecule has 2 atom stereocenters. The van der Waals surface area contributed by atoms with Gasteiger partial charge in [-0.15, -0.1) is 12.1 Å². The van der Waals surface area contributed by atoms with Gasteiger partial charge in [0.1, 0.15) is 31.8 Å². The maximum atomic E-state index is 8.07. The fourth-order valence-electron chi connectivity index (χ4n) is 8.10. The minimum absolute atomic E-state index is 0. The molecule has 2 nitrogen and oxygen atoms in total. The summed E-state index contributed by atoms with van der Waals surface area (Å²) < 4.78 is 0. The van der Waals surface area contributed by atoms with E-state index in [4.69, 9.17) is 11.5 Å². The molecule has 0 aromatic heterocycles. The van der Waals surface area contributed by atoms with Gasteiger partial charge in [0.15, 0.2) is 0 Å². The van der Waals surface area contributed by atoms with Gasteiger partial charge in [-0.05, 0) is 109 Å². The van der Waals surface area contributed by atoms with E-state index >= 15 is 0 Å². The second kappa shape index (κ2) is 23.6. The average molecular weight is 942 g/mol. The molecule has 0 saturated heterocycles. The molecule has 8 aromatic carbocycles. The minimum Gasteiger partial charge on any atom is -0.672 e. The Morgan fingerprint density at radius 1 is 0.361 bits per heavy atom. The van der Waals surface area contributed by atoms with Crippen LogP contribution < -0.4 is 31.8 Å². The van der Waals surface area contributed by atoms with Crippen LogP contribution in [0.3, 0.4) is 0 Å². The van der Waals surface area contributed by atoms with Crippen LogP contribution in [-0.2, 0) is 43.0 Å². The van der Waals surface area contributed by atoms with E-state index in [2.05, 4.69) is 167 Å². The molecule has 306 valence electrons. The first-order valence-electron chi connectivity index (χ1n) is 20.5. The van der Waals surface area contributed by atoms with Gasteiger partial charge in [-0.3, -0.25) is 0 Å². The molecule has 0 heterocycles. The summed E-state index contributed by atoms with van der Waals surface area (Å²) in [6.07, 6.45) is 4.22. The topological polar surface area (TPSA) is 47.6 Å². The molecule has 61 heavy (non-hydrogen) atoms. The Bertz CT molecular complexity index is 2240. The molecule has 0 spiro atoms. The summed E-state index contributed by atoms with van der Waals surface area (Å²) in [6.45, 7) is 0. The zero-order valence-electron chi connectivity index (χ0n) is 33.5. The number of hydrogen-bond donors (Lipinski definition) is 0. The summed E-state index contributed by atoms with van der Waals surface area (Å²) >= 11 is 1.82. The third-order valence-electron chi connectivity index (χ3n) is 11.2. The van der Waals surface area contributed by atoms with Crippen LogP contribution in [0, 0.1) is 0 Å². The van der Waals surface area contributed by atoms with Crippen molar-refractivity contribution in [2.24, 2.45) is 0 Å². The van der Waals surface area contributed by atoms with Gasteiger partial charge in [-0.25, -0.2) is 0 Å². The zero-order chi connectivity index (χ0) is 41.5. The molecule has 0 radical (unpaired) electrons. The van der Waals surface area contributed by atoms with Crippen molar-refractivity contribution in [1.29, 1.82) is 0 Å². The van der Waals surface area contributed by atoms with Crippen LogP contribution in [0.4, 0.5) is 0 Å². The van der Waals surface area contributed by atoms with Crippen LogP contribution in [0.15, 0.2) is 218 Å². The van der Waals surface area contributed by atoms with Crippen LogP contribution in [0.2, 0.25) is 0 Å². The van der Waals surface area contributed by atoms with Crippen LogP contribution in [0.25, 0.3) is 11.5 Å². The van der Waals surface area contributed by atoms with Crippen molar-refractivity contribution in [2.75, 3.05) is 0 Å². The summed E-state index contributed by atoms with van der Waals surface area (Å²) in [5, 5.41) is 8.96. The molecule has 4 aliphatic rings. The smallest absolute Gasteiger partial charge is 0.105 e. The molecule has 2 N–H and O–H groups in total. The summed E-state index contributed by atoms with van der Waals surface area (Å²) in [5.41, 5.74) is 23.8. The Labute approximate surface area is 380 Å². The third-order valence-corrected chi connectivity index (χ3v) is 16.8. The minimum atomic E-state index is -1.12. The first-order valence-corrected chi connectivity index (χ1v) is 25.7. The second-order valence-electron chi connectivity index (χ2n) is 15.0. The van der Waals surface area contributed by atoms with Crippen LogP contribution in [0.1, 0.15) is 52.9 Å².